The van der Waals surface area contributed by atoms with Crippen molar-refractivity contribution in [3.63, 3.8) is 0 Å². The van der Waals surface area contributed by atoms with Crippen LogP contribution in [0.3, 0.4) is 0 Å². The van der Waals surface area contributed by atoms with Gasteiger partial charge in [0, 0.05) is 36.9 Å². The van der Waals surface area contributed by atoms with Crippen LogP contribution in [-0.2, 0) is 14.3 Å². The maximum Gasteiger partial charge on any atom is 0.387 e. The summed E-state index contributed by atoms with van der Waals surface area (Å²) in [4.78, 5) is 28.6. The van der Waals surface area contributed by atoms with E-state index in [-0.39, 0.29) is 36.4 Å². The monoisotopic (exact) mass is 424 g/mol. The molecule has 3 aliphatic rings. The molecule has 0 radical (unpaired) electrons. The first-order chi connectivity index (χ1) is 14.5. The smallest absolute Gasteiger partial charge is 0.387 e. The molecule has 4 rings (SSSR count). The highest BCUT2D eigenvalue weighted by molar-refractivity contribution is 5.98. The molecule has 30 heavy (non-hydrogen) atoms. The molecule has 1 aromatic carbocycles. The second kappa shape index (κ2) is 8.83. The number of nitrogens with zero attached hydrogens (tertiary/aromatic N) is 2. The van der Waals surface area contributed by atoms with Gasteiger partial charge in [-0.2, -0.15) is 8.78 Å². The molecule has 3 fully saturated rings. The van der Waals surface area contributed by atoms with Crippen LogP contribution >= 0.6 is 0 Å². The number of amides is 2. The number of rotatable bonds is 9. The minimum absolute atomic E-state index is 0.0696. The summed E-state index contributed by atoms with van der Waals surface area (Å²) in [5.41, 5.74) is 6.43. The van der Waals surface area contributed by atoms with Crippen LogP contribution in [0.5, 0.6) is 5.75 Å². The molecule has 1 aliphatic heterocycles. The average Bonchev–Trinajstić information content (AvgIpc) is 3.62. The molecule has 0 bridgehead atoms. The van der Waals surface area contributed by atoms with Gasteiger partial charge in [0.25, 0.3) is 5.91 Å². The minimum Gasteiger partial charge on any atom is -0.433 e. The molecule has 164 valence electrons. The largest absolute Gasteiger partial charge is 0.433 e. The van der Waals surface area contributed by atoms with Crippen LogP contribution in [0.25, 0.3) is 0 Å². The van der Waals surface area contributed by atoms with E-state index in [1.54, 1.807) is 6.07 Å². The van der Waals surface area contributed by atoms with Crippen LogP contribution in [-0.4, -0.2) is 67.8 Å². The first kappa shape index (κ1) is 21.0. The van der Waals surface area contributed by atoms with Gasteiger partial charge in [-0.1, -0.05) is 0 Å². The van der Waals surface area contributed by atoms with E-state index in [1.807, 2.05) is 0 Å². The Morgan fingerprint density at radius 1 is 1.30 bits per heavy atom. The molecule has 0 unspecified atom stereocenters. The second-order valence-electron chi connectivity index (χ2n) is 7.81. The van der Waals surface area contributed by atoms with Gasteiger partial charge in [-0.25, -0.2) is 0 Å². The summed E-state index contributed by atoms with van der Waals surface area (Å²) in [6, 6.07) is 4.60. The predicted molar refractivity (Wildman–Crippen MR) is 106 cm³/mol. The third kappa shape index (κ3) is 4.71. The summed E-state index contributed by atoms with van der Waals surface area (Å²) in [7, 11) is 0. The normalized spacial score (nSPS) is 20.6. The Labute approximate surface area is 173 Å². The Balaban J connectivity index is 1.54. The molecule has 2 saturated carbocycles. The molecule has 1 heterocycles. The molecule has 2 amide bonds. The number of carbonyl (C=O) groups excluding carboxylic acids is 2. The second-order valence-corrected chi connectivity index (χ2v) is 7.81. The van der Waals surface area contributed by atoms with E-state index in [9.17, 15) is 18.4 Å². The quantitative estimate of drug-likeness (QED) is 0.624. The number of nitrogens with two attached hydrogens (primary N) is 1. The zero-order chi connectivity index (χ0) is 21.3. The molecule has 1 atom stereocenters. The molecule has 10 heteroatoms. The number of hydrogen-bond donors (Lipinski definition) is 2. The van der Waals surface area contributed by atoms with Gasteiger partial charge in [-0.15, -0.1) is 0 Å². The van der Waals surface area contributed by atoms with Gasteiger partial charge < -0.3 is 25.4 Å². The van der Waals surface area contributed by atoms with Gasteiger partial charge in [-0.05, 0) is 37.8 Å². The number of alkyl halides is 2. The lowest BCUT2D eigenvalue weighted by Crippen LogP contribution is -2.50. The van der Waals surface area contributed by atoms with Crippen molar-refractivity contribution in [3.05, 3.63) is 18.2 Å². The van der Waals surface area contributed by atoms with E-state index in [0.717, 1.165) is 25.7 Å². The van der Waals surface area contributed by atoms with Gasteiger partial charge in [0.1, 0.15) is 12.6 Å². The van der Waals surface area contributed by atoms with E-state index in [0.29, 0.717) is 30.9 Å². The van der Waals surface area contributed by atoms with Gasteiger partial charge in [0.2, 0.25) is 5.91 Å². The number of carbonyl (C=O) groups is 2. The van der Waals surface area contributed by atoms with Crippen LogP contribution in [0.1, 0.15) is 25.7 Å². The third-order valence-corrected chi connectivity index (χ3v) is 5.56. The number of hydrogen-bond acceptors (Lipinski definition) is 6. The van der Waals surface area contributed by atoms with Crippen molar-refractivity contribution in [1.29, 1.82) is 0 Å². The van der Waals surface area contributed by atoms with Crippen LogP contribution in [0.2, 0.25) is 0 Å². The number of halogens is 2. The van der Waals surface area contributed by atoms with Crippen molar-refractivity contribution < 1.29 is 27.8 Å². The SMILES string of the molecule is NC[C@H](C(=O)Nc1ccc(N2CCOCC2=O)cc1OC(F)F)N(C1CC1)C1CC1. The fraction of sp³-hybridized carbons (Fsp3) is 0.600. The number of ether oxygens (including phenoxy) is 2. The van der Waals surface area contributed by atoms with Crippen LogP contribution in [0, 0.1) is 0 Å². The number of benzene rings is 1. The molecule has 8 nitrogen and oxygen atoms in total. The van der Waals surface area contributed by atoms with Crippen molar-refractivity contribution in [2.45, 2.75) is 50.4 Å². The number of nitrogens with one attached hydrogen (secondary N) is 1. The fourth-order valence-electron chi connectivity index (χ4n) is 3.90. The van der Waals surface area contributed by atoms with Gasteiger partial charge in [0.05, 0.1) is 12.3 Å². The van der Waals surface area contributed by atoms with Crippen molar-refractivity contribution in [2.75, 3.05) is 36.5 Å². The van der Waals surface area contributed by atoms with Crippen molar-refractivity contribution >= 4 is 23.2 Å². The predicted octanol–water partition coefficient (Wildman–Crippen LogP) is 1.54. The van der Waals surface area contributed by atoms with E-state index in [4.69, 9.17) is 10.5 Å². The highest BCUT2D eigenvalue weighted by Crippen LogP contribution is 2.39. The molecule has 3 N–H and O–H groups in total. The summed E-state index contributed by atoms with van der Waals surface area (Å²) < 4.78 is 35.8. The Morgan fingerprint density at radius 2 is 2.00 bits per heavy atom. The fourth-order valence-corrected chi connectivity index (χ4v) is 3.90. The summed E-state index contributed by atoms with van der Waals surface area (Å²) in [6.45, 7) is -2.34. The Bertz CT molecular complexity index is 789. The first-order valence-electron chi connectivity index (χ1n) is 10.2. The maximum atomic E-state index is 13.0. The molecule has 1 saturated heterocycles. The minimum atomic E-state index is -3.07. The van der Waals surface area contributed by atoms with E-state index in [2.05, 4.69) is 15.0 Å². The van der Waals surface area contributed by atoms with E-state index < -0.39 is 12.7 Å². The van der Waals surface area contributed by atoms with E-state index >= 15 is 0 Å². The first-order valence-corrected chi connectivity index (χ1v) is 10.2. The Kier molecular flexibility index (Phi) is 6.16. The van der Waals surface area contributed by atoms with E-state index in [1.165, 1.54) is 17.0 Å². The lowest BCUT2D eigenvalue weighted by molar-refractivity contribution is -0.125. The van der Waals surface area contributed by atoms with Crippen molar-refractivity contribution in [2.24, 2.45) is 5.73 Å². The zero-order valence-electron chi connectivity index (χ0n) is 16.6. The molecular formula is C20H26F2N4O4. The van der Waals surface area contributed by atoms with Crippen LogP contribution in [0.15, 0.2) is 18.2 Å². The highest BCUT2D eigenvalue weighted by Gasteiger charge is 2.44. The average molecular weight is 424 g/mol. The maximum absolute atomic E-state index is 13.0. The van der Waals surface area contributed by atoms with Crippen molar-refractivity contribution in [3.8, 4) is 5.75 Å². The molecule has 0 aromatic heterocycles. The van der Waals surface area contributed by atoms with Gasteiger partial charge in [-0.3, -0.25) is 14.5 Å². The molecule has 1 aromatic rings. The summed E-state index contributed by atoms with van der Waals surface area (Å²) in [5.74, 6) is -0.811. The molecule has 2 aliphatic carbocycles. The third-order valence-electron chi connectivity index (χ3n) is 5.56. The highest BCUT2D eigenvalue weighted by atomic mass is 19.3. The summed E-state index contributed by atoms with van der Waals surface area (Å²) >= 11 is 0. The number of anilines is 2. The standard InChI is InChI=1S/C20H26F2N4O4/c21-20(22)30-17-9-14(25-7-8-29-11-18(25)27)5-6-15(17)24-19(28)16(10-23)26(12-1-2-12)13-3-4-13/h5-6,9,12-13,16,20H,1-4,7-8,10-11,23H2,(H,24,28)/t16-/m1/s1. The van der Waals surface area contributed by atoms with Gasteiger partial charge in [0.15, 0.2) is 5.75 Å². The summed E-state index contributed by atoms with van der Waals surface area (Å²) in [6.07, 6.45) is 4.18. The lowest BCUT2D eigenvalue weighted by Gasteiger charge is -2.30. The van der Waals surface area contributed by atoms with Crippen LogP contribution in [0.4, 0.5) is 20.2 Å². The van der Waals surface area contributed by atoms with Gasteiger partial charge >= 0.3 is 6.61 Å². The molecule has 0 spiro atoms. The zero-order valence-corrected chi connectivity index (χ0v) is 16.6. The lowest BCUT2D eigenvalue weighted by atomic mass is 10.1. The van der Waals surface area contributed by atoms with Crippen molar-refractivity contribution in [1.82, 2.24) is 4.90 Å². The Morgan fingerprint density at radius 3 is 2.57 bits per heavy atom. The number of morpholine rings is 1. The Hall–Kier alpha value is -2.30. The summed E-state index contributed by atoms with van der Waals surface area (Å²) in [5, 5.41) is 2.71. The van der Waals surface area contributed by atoms with Crippen LogP contribution < -0.4 is 20.7 Å². The molecular weight excluding hydrogens is 398 g/mol. The topological polar surface area (TPSA) is 97.1 Å².